The van der Waals surface area contributed by atoms with E-state index in [-0.39, 0.29) is 181 Å². The second-order valence-corrected chi connectivity index (χ2v) is 33.5. The average molecular weight is 2070 g/mol. The zero-order chi connectivity index (χ0) is 103. The first-order valence-corrected chi connectivity index (χ1v) is 45.8. The van der Waals surface area contributed by atoms with E-state index in [1.165, 1.54) is 139 Å². The summed E-state index contributed by atoms with van der Waals surface area (Å²) < 4.78 is 146. The Morgan fingerprint density at radius 3 is 0.925 bits per heavy atom. The monoisotopic (exact) mass is 2060 g/mol. The Balaban J connectivity index is 0.000000284. The summed E-state index contributed by atoms with van der Waals surface area (Å²) in [6.45, 7) is 7.03. The SMILES string of the molecule is C.C=CC(=O)OC.COC(=O)CCNCCCOc1cc2nccc(Oc3ccc(CC(=O)C4(C(=O)Cc5ccc(F)cc5)CC4)cc3F)c2cc1OC.COc1cc2c(Oc3ccc(CC(=O)C4(C(=O)Cc5ccc(F)cc5)CC4)cc3F)ccnc2cc1OCCCN.COc1cc2c(Oc3ccc(CC(=O)C4(C(=O)Cc5ccc(F)cc5)CC4)cc3F)ccnc2cc1OCCCNCCC(=O)NO.Cl.NO.[H-].[K+]. The minimum absolute atomic E-state index is 0. The molecule has 0 aliphatic heterocycles. The van der Waals surface area contributed by atoms with Crippen molar-refractivity contribution >= 4 is 97.7 Å². The van der Waals surface area contributed by atoms with Crippen molar-refractivity contribution < 1.29 is 185 Å². The van der Waals surface area contributed by atoms with Gasteiger partial charge in [0.05, 0.1) is 94.6 Å². The topological polar surface area (TPSA) is 422 Å². The standard InChI is InChI=1S/C36H36F2N2O7.C35H35F2N3O7.C32H30F2N2O5.C4H6O2.CH4.ClH.K.H3NO.H/c1-44-31-21-26-28(22-32(31)46-17-3-14-39-15-11-35(43)45-2)40-16-10-29(26)47-30-9-6-24(18-27(30)38)20-34(42)36(12-13-36)33(41)19-23-4-7-25(37)8-5-23;1-45-30-20-25-27(21-31(30)46-16-2-13-38-14-10-34(43)40-44)39-15-9-28(25)47-29-8-5-23(17-26(29)37)19-33(42)35(11-12-35)32(41)18-22-3-6-24(36)7-4-22;1-39-28-18-23-25(19-29(28)40-14-2-12-35)36-13-9-26(23)41-27-8-5-21(15-24(27)34)17-31(38)32(10-11-32)30(37)16-20-3-6-22(33)7-4-20;1-3-4(5)6-2;;;;1-2;/h4-10,16,18,21-22,39H,3,11-15,17,19-20H2,1-2H3;3-9,15,17,20-21,38,44H,2,10-14,16,18-19H2,1H3,(H,40,43);3-9,13,15,18-19H,2,10-12,14,16-17,35H2,1H3;3H,1H2,2H3;1H4;1H;;2H,1H2;/q;;;;;;+1;;-1. The van der Waals surface area contributed by atoms with Crippen LogP contribution in [-0.2, 0) is 91.1 Å². The van der Waals surface area contributed by atoms with Crippen LogP contribution in [0.15, 0.2) is 213 Å². The fourth-order valence-electron chi connectivity index (χ4n) is 15.4. The molecule has 3 heterocycles. The van der Waals surface area contributed by atoms with Crippen LogP contribution in [0.25, 0.3) is 32.7 Å². The van der Waals surface area contributed by atoms with Crippen LogP contribution in [0.3, 0.4) is 0 Å². The number of aromatic nitrogens is 3. The molecule has 3 aromatic heterocycles. The molecule has 15 rings (SSSR count). The van der Waals surface area contributed by atoms with E-state index in [0.717, 1.165) is 6.08 Å². The molecule has 0 bridgehead atoms. The van der Waals surface area contributed by atoms with E-state index in [1.54, 1.807) is 103 Å². The number of halogens is 7. The fourth-order valence-corrected chi connectivity index (χ4v) is 15.4. The number of carbonyl (C=O) groups excluding carboxylic acids is 9. The number of benzene rings is 9. The van der Waals surface area contributed by atoms with E-state index < -0.39 is 57.2 Å². The number of hydrogen-bond donors (Lipinski definition) is 7. The van der Waals surface area contributed by atoms with E-state index in [2.05, 4.69) is 47.5 Å². The van der Waals surface area contributed by atoms with Gasteiger partial charge in [-0.05, 0) is 220 Å². The van der Waals surface area contributed by atoms with Crippen molar-refractivity contribution in [3.8, 4) is 69.0 Å². The molecule has 12 aromatic rings. The first-order chi connectivity index (χ1) is 69.1. The normalized spacial score (nSPS) is 12.6. The molecule has 146 heavy (non-hydrogen) atoms. The molecule has 1 amide bonds. The van der Waals surface area contributed by atoms with Crippen LogP contribution in [0.5, 0.6) is 69.0 Å². The van der Waals surface area contributed by atoms with Crippen LogP contribution in [-0.4, -0.2) is 166 Å². The number of methoxy groups -OCH3 is 5. The van der Waals surface area contributed by atoms with Crippen molar-refractivity contribution in [2.24, 2.45) is 27.9 Å². The van der Waals surface area contributed by atoms with Gasteiger partial charge in [-0.2, -0.15) is 0 Å². The molecule has 9 aromatic carbocycles. The van der Waals surface area contributed by atoms with Crippen molar-refractivity contribution in [2.45, 2.75) is 117 Å². The quantitative estimate of drug-likeness (QED) is 0.00272. The molecule has 30 nitrogen and oxygen atoms in total. The minimum Gasteiger partial charge on any atom is -1.00 e. The Hall–Kier alpha value is -13.2. The first-order valence-electron chi connectivity index (χ1n) is 45.8. The van der Waals surface area contributed by atoms with Gasteiger partial charge in [0.2, 0.25) is 5.91 Å². The molecule has 9 N–H and O–H groups in total. The van der Waals surface area contributed by atoms with Crippen LogP contribution >= 0.6 is 12.4 Å². The Morgan fingerprint density at radius 1 is 0.384 bits per heavy atom. The summed E-state index contributed by atoms with van der Waals surface area (Å²) in [6.07, 6.45) is 10.8. The van der Waals surface area contributed by atoms with Crippen molar-refractivity contribution in [2.75, 3.05) is 88.1 Å². The van der Waals surface area contributed by atoms with Gasteiger partial charge in [-0.15, -0.1) is 12.4 Å². The first kappa shape index (κ1) is 118. The molecule has 38 heteroatoms. The van der Waals surface area contributed by atoms with E-state index in [4.69, 9.17) is 58.8 Å². The Bertz CT molecular complexity index is 6280. The number of amides is 1. The number of hydroxylamine groups is 1. The number of rotatable bonds is 48. The number of nitrogens with zero attached hydrogens (tertiary/aromatic N) is 3. The van der Waals surface area contributed by atoms with Gasteiger partial charge < -0.3 is 75.1 Å². The summed E-state index contributed by atoms with van der Waals surface area (Å²) in [5, 5.41) is 23.0. The summed E-state index contributed by atoms with van der Waals surface area (Å²) in [6, 6.07) is 45.0. The van der Waals surface area contributed by atoms with Gasteiger partial charge in [-0.25, -0.2) is 42.5 Å². The van der Waals surface area contributed by atoms with Gasteiger partial charge in [0.25, 0.3) is 0 Å². The third-order valence-corrected chi connectivity index (χ3v) is 23.9. The third kappa shape index (κ3) is 32.7. The number of pyridine rings is 3. The predicted octanol–water partition coefficient (Wildman–Crippen LogP) is 14.8. The molecular weight excluding hydrogens is 1950 g/mol. The number of hydrogen-bond acceptors (Lipinski definition) is 29. The second kappa shape index (κ2) is 57.7. The Morgan fingerprint density at radius 2 is 0.671 bits per heavy atom. The summed E-state index contributed by atoms with van der Waals surface area (Å²) >= 11 is 0. The maximum absolute atomic E-state index is 15.3. The average Bonchev–Trinajstić information content (AvgIpc) is 1.61. The van der Waals surface area contributed by atoms with Crippen LogP contribution < -0.4 is 122 Å². The van der Waals surface area contributed by atoms with Gasteiger partial charge in [0.15, 0.2) is 104 Å². The third-order valence-electron chi connectivity index (χ3n) is 23.9. The van der Waals surface area contributed by atoms with Gasteiger partial charge >= 0.3 is 63.3 Å². The summed E-state index contributed by atoms with van der Waals surface area (Å²) in [5.41, 5.74) is 8.84. The predicted molar refractivity (Wildman–Crippen MR) is 530 cm³/mol. The minimum atomic E-state index is -1.07. The van der Waals surface area contributed by atoms with Crippen LogP contribution in [0.2, 0.25) is 0 Å². The molecule has 0 atom stereocenters. The van der Waals surface area contributed by atoms with Crippen LogP contribution in [0, 0.1) is 51.1 Å². The molecular formula is C108H116ClF6KN8O22. The Labute approximate surface area is 889 Å². The summed E-state index contributed by atoms with van der Waals surface area (Å²) in [7, 11) is 7.20. The van der Waals surface area contributed by atoms with Crippen LogP contribution in [0.1, 0.15) is 113 Å². The van der Waals surface area contributed by atoms with Crippen LogP contribution in [0.4, 0.5) is 26.3 Å². The van der Waals surface area contributed by atoms with E-state index in [1.807, 2.05) is 0 Å². The molecule has 3 aliphatic rings. The van der Waals surface area contributed by atoms with E-state index in [9.17, 15) is 56.3 Å². The zero-order valence-corrected chi connectivity index (χ0v) is 84.7. The number of fused-ring (bicyclic) bond motifs is 3. The number of nitrogens with two attached hydrogens (primary N) is 2. The molecule has 770 valence electrons. The number of esters is 2. The van der Waals surface area contributed by atoms with Gasteiger partial charge in [-0.3, -0.25) is 58.5 Å². The zero-order valence-electron chi connectivity index (χ0n) is 81.7. The number of nitrogens with one attached hydrogen (secondary N) is 3. The van der Waals surface area contributed by atoms with Crippen molar-refractivity contribution in [1.29, 1.82) is 0 Å². The molecule has 0 spiro atoms. The van der Waals surface area contributed by atoms with Gasteiger partial charge in [0.1, 0.15) is 34.7 Å². The largest absolute Gasteiger partial charge is 1.00 e. The molecule has 3 fully saturated rings. The molecule has 0 radical (unpaired) electrons. The fraction of sp³-hybridized carbons (Fsp3) is 0.315. The van der Waals surface area contributed by atoms with Crippen molar-refractivity contribution in [3.05, 3.63) is 282 Å². The van der Waals surface area contributed by atoms with Crippen molar-refractivity contribution in [3.63, 3.8) is 0 Å². The molecule has 0 saturated heterocycles. The number of ether oxygens (including phenoxy) is 11. The summed E-state index contributed by atoms with van der Waals surface area (Å²) in [5.74, 6) is 1.65. The van der Waals surface area contributed by atoms with Crippen molar-refractivity contribution in [1.82, 2.24) is 31.1 Å². The Kier molecular flexibility index (Phi) is 46.6. The van der Waals surface area contributed by atoms with Gasteiger partial charge in [0, 0.05) is 117 Å². The van der Waals surface area contributed by atoms with E-state index in [0.29, 0.717) is 235 Å². The number of Topliss-reactive ketones (excluding diaryl/α,β-unsaturated/α-hetero) is 6. The smallest absolute Gasteiger partial charge is 1.00 e. The maximum atomic E-state index is 15.3. The molecule has 3 aliphatic carbocycles. The number of ketones is 6. The molecule has 0 unspecified atom stereocenters. The summed E-state index contributed by atoms with van der Waals surface area (Å²) in [4.78, 5) is 124. The number of carbonyl (C=O) groups is 9. The van der Waals surface area contributed by atoms with E-state index >= 15 is 13.2 Å². The van der Waals surface area contributed by atoms with Gasteiger partial charge in [-0.1, -0.05) is 68.6 Å². The maximum Gasteiger partial charge on any atom is 1.00 e. The second-order valence-electron chi connectivity index (χ2n) is 33.5. The molecule has 3 saturated carbocycles.